The Morgan fingerprint density at radius 1 is 0.418 bits per heavy atom. The van der Waals surface area contributed by atoms with E-state index in [9.17, 15) is 6.17 Å². The first-order chi connectivity index (χ1) is 27.6. The van der Waals surface area contributed by atoms with Crippen molar-refractivity contribution in [2.24, 2.45) is 4.99 Å². The number of aliphatic imine (C=N–C) groups is 1. The van der Waals surface area contributed by atoms with Gasteiger partial charge in [0.2, 0.25) is 0 Å². The van der Waals surface area contributed by atoms with Crippen LogP contribution in [0.5, 0.6) is 0 Å². The first-order valence-corrected chi connectivity index (χ1v) is 18.3. The Morgan fingerprint density at radius 3 is 1.29 bits per heavy atom. The Labute approximate surface area is 318 Å². The highest BCUT2D eigenvalue weighted by Crippen LogP contribution is 2.35. The lowest BCUT2D eigenvalue weighted by molar-refractivity contribution is -0.110. The van der Waals surface area contributed by atoms with Crippen LogP contribution in [0.2, 0.25) is 0 Å². The molecular formula is C50H34N4O. The van der Waals surface area contributed by atoms with E-state index < -0.39 is 0 Å². The highest BCUT2D eigenvalue weighted by Gasteiger charge is 2.26. The third-order valence-corrected chi connectivity index (χ3v) is 10.2. The lowest BCUT2D eigenvalue weighted by atomic mass is 9.91. The number of aromatic nitrogens is 3. The zero-order valence-corrected chi connectivity index (χ0v) is 29.7. The summed E-state index contributed by atoms with van der Waals surface area (Å²) in [6.45, 7) is 0. The van der Waals surface area contributed by atoms with Gasteiger partial charge in [-0.25, -0.2) is 4.99 Å². The molecule has 2 aliphatic heterocycles. The van der Waals surface area contributed by atoms with Gasteiger partial charge in [-0.05, 0) is 82.4 Å². The summed E-state index contributed by atoms with van der Waals surface area (Å²) < 4.78 is 10.00. The molecule has 7 aromatic rings. The van der Waals surface area contributed by atoms with Gasteiger partial charge in [-0.1, -0.05) is 133 Å². The van der Waals surface area contributed by atoms with Crippen molar-refractivity contribution in [3.63, 3.8) is 0 Å². The molecule has 8 bridgehead atoms. The maximum absolute atomic E-state index is 12.4. The predicted octanol–water partition coefficient (Wildman–Crippen LogP) is 6.91. The second-order valence-electron chi connectivity index (χ2n) is 13.7. The van der Waals surface area contributed by atoms with Crippen LogP contribution in [-0.2, 0) is 4.79 Å². The molecule has 0 fully saturated rings. The monoisotopic (exact) mass is 707 g/mol. The van der Waals surface area contributed by atoms with Crippen LogP contribution >= 0.6 is 0 Å². The summed E-state index contributed by atoms with van der Waals surface area (Å²) in [6, 6.07) is 54.2. The van der Waals surface area contributed by atoms with Gasteiger partial charge in [0.1, 0.15) is 0 Å². The van der Waals surface area contributed by atoms with Gasteiger partial charge in [-0.2, -0.15) is 0 Å². The molecule has 55 heavy (non-hydrogen) atoms. The van der Waals surface area contributed by atoms with E-state index >= 15 is 0 Å². The summed E-state index contributed by atoms with van der Waals surface area (Å²) in [5.74, 6) is -0.0920. The van der Waals surface area contributed by atoms with Gasteiger partial charge in [0.15, 0.2) is 5.78 Å². The summed E-state index contributed by atoms with van der Waals surface area (Å²) >= 11 is 0. The fourth-order valence-electron chi connectivity index (χ4n) is 7.73. The molecule has 5 heteroatoms. The molecule has 0 radical (unpaired) electrons. The SMILES string of the molecule is [2H]C1=C2N=C(C1=C1C=CC(=O)C=C1)/C(c1ccccc1)=c1/cc/c([nH]1)=C(\c1ccccc1)c1ccc([nH]1)/C(c1ccccc1)=c1/cc/c([nH]1)=C/2c1ccccc1. The van der Waals surface area contributed by atoms with Crippen LogP contribution in [0.15, 0.2) is 210 Å². The van der Waals surface area contributed by atoms with Crippen molar-refractivity contribution in [3.05, 3.63) is 260 Å². The third kappa shape index (κ3) is 5.85. The second kappa shape index (κ2) is 13.5. The topological polar surface area (TPSA) is 76.8 Å². The molecule has 0 saturated carbocycles. The quantitative estimate of drug-likeness (QED) is 0.183. The molecule has 0 spiro atoms. The minimum Gasteiger partial charge on any atom is -0.354 e. The number of rotatable bonds is 4. The Kier molecular flexibility index (Phi) is 7.61. The minimum atomic E-state index is -0.0920. The number of allylic oxidation sites excluding steroid dienone is 8. The minimum absolute atomic E-state index is 0.0920. The van der Waals surface area contributed by atoms with E-state index in [1.165, 1.54) is 0 Å². The zero-order chi connectivity index (χ0) is 37.6. The number of hydrogen-bond acceptors (Lipinski definition) is 2. The molecule has 3 aromatic heterocycles. The Balaban J connectivity index is 1.41. The molecule has 0 unspecified atom stereocenters. The molecule has 10 rings (SSSR count). The van der Waals surface area contributed by atoms with E-state index in [1.807, 2.05) is 48.5 Å². The first-order valence-electron chi connectivity index (χ1n) is 18.8. The Morgan fingerprint density at radius 2 is 0.818 bits per heavy atom. The Bertz CT molecular complexity index is 3100. The summed E-state index contributed by atoms with van der Waals surface area (Å²) in [7, 11) is 0. The molecule has 4 aromatic carbocycles. The molecule has 0 amide bonds. The maximum Gasteiger partial charge on any atom is 0.178 e. The van der Waals surface area contributed by atoms with Crippen LogP contribution < -0.4 is 21.4 Å². The molecule has 5 nitrogen and oxygen atoms in total. The zero-order valence-electron chi connectivity index (χ0n) is 30.7. The highest BCUT2D eigenvalue weighted by atomic mass is 16.1. The standard InChI is InChI=1S/C50H34N4O/c55-37-23-21-32(22-24-37)38-31-45-48(35-17-9-3-10-18-35)43-28-27-41(52-43)46(33-13-5-1-6-14-33)39-25-26-40(51-39)47(34-15-7-2-8-16-34)42-29-30-44(53-42)49(50(38)54-45)36-19-11-4-12-20-36/h1-31,51-53H/b46-41-,47-42-,48-43-,49-44-/i31D. The van der Waals surface area contributed by atoms with E-state index in [0.717, 1.165) is 82.9 Å². The summed E-state index contributed by atoms with van der Waals surface area (Å²) in [5.41, 5.74) is 12.2. The average Bonchev–Trinajstić information content (AvgIpc) is 4.07. The number of fused-ring (bicyclic) bond motifs is 7. The van der Waals surface area contributed by atoms with Crippen molar-refractivity contribution in [1.29, 1.82) is 0 Å². The maximum atomic E-state index is 12.4. The number of benzene rings is 4. The molecule has 260 valence electrons. The van der Waals surface area contributed by atoms with Crippen molar-refractivity contribution in [2.45, 2.75) is 0 Å². The van der Waals surface area contributed by atoms with Gasteiger partial charge in [-0.3, -0.25) is 4.79 Å². The van der Waals surface area contributed by atoms with Crippen LogP contribution in [0.1, 0.15) is 35.0 Å². The number of H-pyrrole nitrogens is 3. The molecular weight excluding hydrogens is 673 g/mol. The van der Waals surface area contributed by atoms with Gasteiger partial charge in [0.25, 0.3) is 0 Å². The van der Waals surface area contributed by atoms with Crippen molar-refractivity contribution >= 4 is 33.8 Å². The predicted molar refractivity (Wildman–Crippen MR) is 221 cm³/mol. The fraction of sp³-hybridized carbons (Fsp3) is 0. The number of nitrogens with zero attached hydrogens (tertiary/aromatic N) is 1. The van der Waals surface area contributed by atoms with Gasteiger partial charge in [0.05, 0.1) is 12.8 Å². The van der Waals surface area contributed by atoms with E-state index in [-0.39, 0.29) is 11.8 Å². The smallest absolute Gasteiger partial charge is 0.178 e. The molecule has 0 atom stereocenters. The van der Waals surface area contributed by atoms with Gasteiger partial charge < -0.3 is 15.0 Å². The Hall–Kier alpha value is -7.50. The first kappa shape index (κ1) is 31.1. The van der Waals surface area contributed by atoms with Crippen molar-refractivity contribution in [3.8, 4) is 0 Å². The van der Waals surface area contributed by atoms with Gasteiger partial charge >= 0.3 is 0 Å². The number of nitrogens with one attached hydrogen (secondary N) is 3. The lowest BCUT2D eigenvalue weighted by Gasteiger charge is -2.12. The van der Waals surface area contributed by atoms with E-state index in [4.69, 9.17) is 4.99 Å². The summed E-state index contributed by atoms with van der Waals surface area (Å²) in [6.07, 6.45) is 6.72. The highest BCUT2D eigenvalue weighted by molar-refractivity contribution is 6.35. The van der Waals surface area contributed by atoms with Crippen LogP contribution in [0.3, 0.4) is 0 Å². The van der Waals surface area contributed by atoms with Crippen LogP contribution in [-0.4, -0.2) is 26.4 Å². The van der Waals surface area contributed by atoms with Gasteiger partial charge in [0, 0.05) is 60.6 Å². The van der Waals surface area contributed by atoms with Gasteiger partial charge in [-0.15, -0.1) is 0 Å². The van der Waals surface area contributed by atoms with Crippen molar-refractivity contribution in [2.75, 3.05) is 0 Å². The molecule has 3 aliphatic rings. The van der Waals surface area contributed by atoms with Crippen LogP contribution in [0.25, 0.3) is 22.3 Å². The number of ketones is 1. The van der Waals surface area contributed by atoms with E-state index in [0.29, 0.717) is 17.0 Å². The fourth-order valence-corrected chi connectivity index (χ4v) is 7.73. The number of carbonyl (C=O) groups is 1. The van der Waals surface area contributed by atoms with Crippen LogP contribution in [0, 0.1) is 0 Å². The number of aromatic amines is 3. The molecule has 3 N–H and O–H groups in total. The average molecular weight is 708 g/mol. The van der Waals surface area contributed by atoms with E-state index in [1.54, 1.807) is 24.3 Å². The number of carbonyl (C=O) groups excluding carboxylic acids is 1. The second-order valence-corrected chi connectivity index (χ2v) is 13.7. The van der Waals surface area contributed by atoms with Crippen molar-refractivity contribution in [1.82, 2.24) is 15.0 Å². The largest absolute Gasteiger partial charge is 0.354 e. The van der Waals surface area contributed by atoms with Crippen LogP contribution in [0.4, 0.5) is 0 Å². The third-order valence-electron chi connectivity index (χ3n) is 10.2. The van der Waals surface area contributed by atoms with Crippen molar-refractivity contribution < 1.29 is 6.17 Å². The molecule has 1 aliphatic carbocycles. The molecule has 5 heterocycles. The summed E-state index contributed by atoms with van der Waals surface area (Å²) in [4.78, 5) is 29.3. The summed E-state index contributed by atoms with van der Waals surface area (Å²) in [5, 5.41) is 3.53. The molecule has 0 saturated heterocycles. The lowest BCUT2D eigenvalue weighted by Crippen LogP contribution is -2.21. The number of hydrogen-bond donors (Lipinski definition) is 3. The van der Waals surface area contributed by atoms with E-state index in [2.05, 4.69) is 124 Å². The normalized spacial score (nSPS) is 19.5.